The molecule has 1 aliphatic carbocycles. The van der Waals surface area contributed by atoms with E-state index in [-0.39, 0.29) is 11.1 Å². The number of aromatic carboxylic acids is 1. The van der Waals surface area contributed by atoms with Crippen molar-refractivity contribution in [3.05, 3.63) is 35.3 Å². The number of aromatic nitrogens is 3. The summed E-state index contributed by atoms with van der Waals surface area (Å²) < 4.78 is 5.29. The normalized spacial score (nSPS) is 23.5. The van der Waals surface area contributed by atoms with Crippen molar-refractivity contribution in [1.29, 1.82) is 0 Å². The summed E-state index contributed by atoms with van der Waals surface area (Å²) in [5, 5.41) is 8.94. The molecule has 8 nitrogen and oxygen atoms in total. The molecule has 0 saturated carbocycles. The van der Waals surface area contributed by atoms with Crippen molar-refractivity contribution >= 4 is 11.9 Å². The molecule has 0 radical (unpaired) electrons. The average molecular weight is 329 g/mol. The SMILES string of the molecule is Nc1ncc2c(n1)C1(CCCN(Cc3nc(C(=O)O)co3)C1)CC2. The van der Waals surface area contributed by atoms with Crippen LogP contribution in [0.5, 0.6) is 0 Å². The van der Waals surface area contributed by atoms with Crippen LogP contribution in [0.2, 0.25) is 0 Å². The highest BCUT2D eigenvalue weighted by molar-refractivity contribution is 5.84. The smallest absolute Gasteiger partial charge is 0.357 e. The number of fused-ring (bicyclic) bond motifs is 2. The Bertz CT molecular complexity index is 786. The first-order valence-electron chi connectivity index (χ1n) is 8.08. The maximum Gasteiger partial charge on any atom is 0.357 e. The number of nitrogens with zero attached hydrogens (tertiary/aromatic N) is 4. The molecule has 1 saturated heterocycles. The number of nitrogens with two attached hydrogens (primary N) is 1. The van der Waals surface area contributed by atoms with E-state index in [4.69, 9.17) is 15.3 Å². The molecule has 1 unspecified atom stereocenters. The quantitative estimate of drug-likeness (QED) is 0.863. The molecule has 126 valence electrons. The van der Waals surface area contributed by atoms with Crippen LogP contribution in [-0.4, -0.2) is 44.0 Å². The monoisotopic (exact) mass is 329 g/mol. The van der Waals surface area contributed by atoms with Crippen LogP contribution in [-0.2, 0) is 18.4 Å². The summed E-state index contributed by atoms with van der Waals surface area (Å²) in [7, 11) is 0. The van der Waals surface area contributed by atoms with E-state index in [1.165, 1.54) is 11.8 Å². The van der Waals surface area contributed by atoms with Crippen molar-refractivity contribution in [1.82, 2.24) is 19.9 Å². The van der Waals surface area contributed by atoms with Crippen molar-refractivity contribution < 1.29 is 14.3 Å². The van der Waals surface area contributed by atoms with Crippen molar-refractivity contribution in [2.75, 3.05) is 18.8 Å². The highest BCUT2D eigenvalue weighted by atomic mass is 16.4. The van der Waals surface area contributed by atoms with Crippen LogP contribution in [0.3, 0.4) is 0 Å². The zero-order chi connectivity index (χ0) is 16.7. The van der Waals surface area contributed by atoms with Crippen LogP contribution in [0, 0.1) is 0 Å². The van der Waals surface area contributed by atoms with Crippen LogP contribution < -0.4 is 5.73 Å². The molecule has 4 rings (SSSR count). The number of oxazole rings is 1. The van der Waals surface area contributed by atoms with Gasteiger partial charge in [-0.2, -0.15) is 0 Å². The average Bonchev–Trinajstić information content (AvgIpc) is 3.14. The number of piperidine rings is 1. The highest BCUT2D eigenvalue weighted by Crippen LogP contribution is 2.44. The summed E-state index contributed by atoms with van der Waals surface area (Å²) in [6.07, 6.45) is 7.19. The second kappa shape index (κ2) is 5.55. The summed E-state index contributed by atoms with van der Waals surface area (Å²) in [5.74, 6) is -0.312. The van der Waals surface area contributed by atoms with E-state index in [0.29, 0.717) is 18.4 Å². The first-order valence-corrected chi connectivity index (χ1v) is 8.08. The third-order valence-electron chi connectivity index (χ3n) is 5.04. The van der Waals surface area contributed by atoms with E-state index in [1.807, 2.05) is 6.20 Å². The number of aryl methyl sites for hydroxylation is 1. The van der Waals surface area contributed by atoms with Gasteiger partial charge in [0, 0.05) is 18.2 Å². The van der Waals surface area contributed by atoms with Crippen LogP contribution >= 0.6 is 0 Å². The maximum atomic E-state index is 10.9. The number of carboxylic acids is 1. The molecule has 1 spiro atoms. The second-order valence-corrected chi connectivity index (χ2v) is 6.63. The molecule has 3 N–H and O–H groups in total. The van der Waals surface area contributed by atoms with Gasteiger partial charge in [0.2, 0.25) is 11.8 Å². The first kappa shape index (κ1) is 15.1. The minimum absolute atomic E-state index is 0.00681. The van der Waals surface area contributed by atoms with Gasteiger partial charge < -0.3 is 15.3 Å². The molecule has 8 heteroatoms. The molecule has 0 amide bonds. The lowest BCUT2D eigenvalue weighted by molar-refractivity contribution is 0.0690. The van der Waals surface area contributed by atoms with E-state index in [0.717, 1.165) is 44.5 Å². The zero-order valence-electron chi connectivity index (χ0n) is 13.2. The molecule has 1 atom stereocenters. The predicted octanol–water partition coefficient (Wildman–Crippen LogP) is 1.22. The van der Waals surface area contributed by atoms with Crippen molar-refractivity contribution in [2.24, 2.45) is 0 Å². The molecule has 0 bridgehead atoms. The summed E-state index contributed by atoms with van der Waals surface area (Å²) in [5.41, 5.74) is 8.02. The fourth-order valence-corrected chi connectivity index (χ4v) is 3.99. The van der Waals surface area contributed by atoms with Gasteiger partial charge in [-0.15, -0.1) is 0 Å². The van der Waals surface area contributed by atoms with Gasteiger partial charge in [-0.25, -0.2) is 19.7 Å². The number of hydrogen-bond acceptors (Lipinski definition) is 7. The van der Waals surface area contributed by atoms with E-state index < -0.39 is 5.97 Å². The van der Waals surface area contributed by atoms with Crippen LogP contribution in [0.1, 0.15) is 46.9 Å². The number of nitrogen functional groups attached to an aromatic ring is 1. The fraction of sp³-hybridized carbons (Fsp3) is 0.500. The summed E-state index contributed by atoms with van der Waals surface area (Å²) >= 11 is 0. The Labute approximate surface area is 138 Å². The molecule has 24 heavy (non-hydrogen) atoms. The molecule has 1 aliphatic heterocycles. The van der Waals surface area contributed by atoms with E-state index in [2.05, 4.69) is 19.9 Å². The van der Waals surface area contributed by atoms with Gasteiger partial charge in [-0.3, -0.25) is 4.90 Å². The van der Waals surface area contributed by atoms with Crippen molar-refractivity contribution in [2.45, 2.75) is 37.6 Å². The van der Waals surface area contributed by atoms with E-state index >= 15 is 0 Å². The van der Waals surface area contributed by atoms with Gasteiger partial charge >= 0.3 is 5.97 Å². The maximum absolute atomic E-state index is 10.9. The van der Waals surface area contributed by atoms with E-state index in [9.17, 15) is 4.79 Å². The molecule has 2 aromatic rings. The van der Waals surface area contributed by atoms with Gasteiger partial charge in [0.25, 0.3) is 0 Å². The molecular formula is C16H19N5O3. The number of hydrogen-bond donors (Lipinski definition) is 2. The van der Waals surface area contributed by atoms with Crippen molar-refractivity contribution in [3.63, 3.8) is 0 Å². The fourth-order valence-electron chi connectivity index (χ4n) is 3.99. The van der Waals surface area contributed by atoms with Crippen LogP contribution in [0.25, 0.3) is 0 Å². The molecule has 2 aliphatic rings. The minimum atomic E-state index is -1.07. The second-order valence-electron chi connectivity index (χ2n) is 6.63. The van der Waals surface area contributed by atoms with Gasteiger partial charge in [0.15, 0.2) is 5.69 Å². The molecular weight excluding hydrogens is 310 g/mol. The number of carboxylic acid groups (broad SMARTS) is 1. The summed E-state index contributed by atoms with van der Waals surface area (Å²) in [4.78, 5) is 25.8. The Morgan fingerprint density at radius 3 is 3.08 bits per heavy atom. The van der Waals surface area contributed by atoms with Crippen LogP contribution in [0.15, 0.2) is 16.9 Å². The van der Waals surface area contributed by atoms with Crippen LogP contribution in [0.4, 0.5) is 5.95 Å². The predicted molar refractivity (Wildman–Crippen MR) is 84.4 cm³/mol. The van der Waals surface area contributed by atoms with Gasteiger partial charge in [-0.1, -0.05) is 0 Å². The Morgan fingerprint density at radius 1 is 1.42 bits per heavy atom. The summed E-state index contributed by atoms with van der Waals surface area (Å²) in [6, 6.07) is 0. The Balaban J connectivity index is 1.54. The lowest BCUT2D eigenvalue weighted by Crippen LogP contribution is -2.45. The Morgan fingerprint density at radius 2 is 2.29 bits per heavy atom. The molecule has 1 fully saturated rings. The summed E-state index contributed by atoms with van der Waals surface area (Å²) in [6.45, 7) is 2.29. The van der Waals surface area contributed by atoms with Gasteiger partial charge in [0.1, 0.15) is 6.26 Å². The third-order valence-corrected chi connectivity index (χ3v) is 5.04. The van der Waals surface area contributed by atoms with Crippen molar-refractivity contribution in [3.8, 4) is 0 Å². The largest absolute Gasteiger partial charge is 0.476 e. The van der Waals surface area contributed by atoms with Gasteiger partial charge in [0.05, 0.1) is 12.2 Å². The number of anilines is 1. The lowest BCUT2D eigenvalue weighted by Gasteiger charge is -2.40. The van der Waals surface area contributed by atoms with Gasteiger partial charge in [-0.05, 0) is 37.8 Å². The standard InChI is InChI=1S/C16H19N5O3/c17-15-18-6-10-2-4-16(13(10)20-15)3-1-5-21(9-16)7-12-19-11(8-24-12)14(22)23/h6,8H,1-5,7,9H2,(H,22,23)(H2,17,18,20). The Hall–Kier alpha value is -2.48. The molecule has 0 aromatic carbocycles. The number of carbonyl (C=O) groups is 1. The minimum Gasteiger partial charge on any atom is -0.476 e. The topological polar surface area (TPSA) is 118 Å². The number of rotatable bonds is 3. The molecule has 2 aromatic heterocycles. The number of likely N-dealkylation sites (tertiary alicyclic amines) is 1. The van der Waals surface area contributed by atoms with E-state index in [1.54, 1.807) is 0 Å². The molecule has 3 heterocycles. The zero-order valence-corrected chi connectivity index (χ0v) is 13.2. The Kier molecular flexibility index (Phi) is 3.49. The highest BCUT2D eigenvalue weighted by Gasteiger charge is 2.43. The lowest BCUT2D eigenvalue weighted by atomic mass is 9.77. The first-order chi connectivity index (χ1) is 11.6. The third kappa shape index (κ3) is 2.52.